The molecule has 1 aromatic heterocycles. The number of hydrogen-bond acceptors (Lipinski definition) is 4. The molecule has 2 aliphatic rings. The summed E-state index contributed by atoms with van der Waals surface area (Å²) >= 11 is 1.56. The normalized spacial score (nSPS) is 20.4. The Labute approximate surface area is 150 Å². The van der Waals surface area contributed by atoms with Crippen molar-refractivity contribution in [2.75, 3.05) is 0 Å². The van der Waals surface area contributed by atoms with Crippen molar-refractivity contribution in [3.05, 3.63) is 69.1 Å². The summed E-state index contributed by atoms with van der Waals surface area (Å²) in [4.78, 5) is 28.2. The first-order valence-corrected chi connectivity index (χ1v) is 9.32. The zero-order valence-electron chi connectivity index (χ0n) is 13.9. The molecule has 0 spiro atoms. The number of carbonyl (C=O) groups excluding carboxylic acids is 2. The van der Waals surface area contributed by atoms with Gasteiger partial charge in [0.25, 0.3) is 5.91 Å². The van der Waals surface area contributed by atoms with E-state index in [1.165, 1.54) is 0 Å². The molecule has 5 heteroatoms. The maximum absolute atomic E-state index is 12.8. The van der Waals surface area contributed by atoms with Gasteiger partial charge in [0.1, 0.15) is 0 Å². The average Bonchev–Trinajstić information content (AvgIpc) is 3.28. The summed E-state index contributed by atoms with van der Waals surface area (Å²) in [6, 6.07) is 11.1. The standard InChI is InChI=1S/C20H19NO3S/c1-12-5-2-3-7-15(12)17-16(18(22)13-8-9-13)19(23)20(24)21(17)11-14-6-4-10-25-14/h2-7,10,13,17,23H,8-9,11H2,1H3. The lowest BCUT2D eigenvalue weighted by atomic mass is 9.91. The molecule has 4 nitrogen and oxygen atoms in total. The van der Waals surface area contributed by atoms with E-state index >= 15 is 0 Å². The van der Waals surface area contributed by atoms with Crippen molar-refractivity contribution in [3.63, 3.8) is 0 Å². The summed E-state index contributed by atoms with van der Waals surface area (Å²) in [6.45, 7) is 2.36. The van der Waals surface area contributed by atoms with E-state index in [0.717, 1.165) is 28.8 Å². The molecule has 1 aliphatic carbocycles. The van der Waals surface area contributed by atoms with Gasteiger partial charge in [0.05, 0.1) is 18.2 Å². The minimum absolute atomic E-state index is 0.0434. The van der Waals surface area contributed by atoms with Crippen LogP contribution in [0.2, 0.25) is 0 Å². The molecule has 1 N–H and O–H groups in total. The van der Waals surface area contributed by atoms with Crippen LogP contribution in [0.5, 0.6) is 0 Å². The monoisotopic (exact) mass is 353 g/mol. The minimum atomic E-state index is -0.510. The van der Waals surface area contributed by atoms with Crippen LogP contribution in [0.4, 0.5) is 0 Å². The number of aryl methyl sites for hydroxylation is 1. The van der Waals surface area contributed by atoms with E-state index in [9.17, 15) is 14.7 Å². The highest BCUT2D eigenvalue weighted by Crippen LogP contribution is 2.44. The fourth-order valence-electron chi connectivity index (χ4n) is 3.42. The molecule has 1 aliphatic heterocycles. The Hall–Kier alpha value is -2.40. The Balaban J connectivity index is 1.80. The molecule has 128 valence electrons. The van der Waals surface area contributed by atoms with Gasteiger partial charge in [0.2, 0.25) is 0 Å². The third kappa shape index (κ3) is 2.78. The second kappa shape index (κ2) is 6.15. The topological polar surface area (TPSA) is 57.6 Å². The number of hydrogen-bond donors (Lipinski definition) is 1. The summed E-state index contributed by atoms with van der Waals surface area (Å²) < 4.78 is 0. The van der Waals surface area contributed by atoms with Crippen LogP contribution in [0, 0.1) is 12.8 Å². The molecular weight excluding hydrogens is 334 g/mol. The molecule has 1 amide bonds. The highest BCUT2D eigenvalue weighted by atomic mass is 32.1. The highest BCUT2D eigenvalue weighted by molar-refractivity contribution is 7.09. The van der Waals surface area contributed by atoms with Crippen molar-refractivity contribution >= 4 is 23.0 Å². The van der Waals surface area contributed by atoms with E-state index in [1.807, 2.05) is 48.7 Å². The largest absolute Gasteiger partial charge is 0.503 e. The molecule has 4 rings (SSSR count). The lowest BCUT2D eigenvalue weighted by Crippen LogP contribution is -2.31. The lowest BCUT2D eigenvalue weighted by molar-refractivity contribution is -0.130. The first kappa shape index (κ1) is 16.1. The molecule has 1 fully saturated rings. The fraction of sp³-hybridized carbons (Fsp3) is 0.300. The Morgan fingerprint density at radius 2 is 2.00 bits per heavy atom. The van der Waals surface area contributed by atoms with Crippen LogP contribution in [-0.2, 0) is 16.1 Å². The molecule has 1 atom stereocenters. The second-order valence-corrected chi connectivity index (χ2v) is 7.70. The van der Waals surface area contributed by atoms with Gasteiger partial charge in [-0.15, -0.1) is 11.3 Å². The predicted molar refractivity (Wildman–Crippen MR) is 96.2 cm³/mol. The summed E-state index contributed by atoms with van der Waals surface area (Å²) in [5.74, 6) is -0.946. The zero-order valence-corrected chi connectivity index (χ0v) is 14.8. The Morgan fingerprint density at radius 1 is 1.24 bits per heavy atom. The number of nitrogens with zero attached hydrogens (tertiary/aromatic N) is 1. The molecular formula is C20H19NO3S. The van der Waals surface area contributed by atoms with Gasteiger partial charge in [-0.25, -0.2) is 0 Å². The molecule has 0 radical (unpaired) electrons. The first-order chi connectivity index (χ1) is 12.1. The van der Waals surface area contributed by atoms with Crippen LogP contribution >= 0.6 is 11.3 Å². The number of carbonyl (C=O) groups is 2. The van der Waals surface area contributed by atoms with Crippen LogP contribution in [0.1, 0.15) is 34.9 Å². The van der Waals surface area contributed by atoms with Gasteiger partial charge in [-0.1, -0.05) is 30.3 Å². The van der Waals surface area contributed by atoms with E-state index in [-0.39, 0.29) is 23.0 Å². The number of benzene rings is 1. The Bertz CT molecular complexity index is 865. The van der Waals surface area contributed by atoms with Gasteiger partial charge in [0.15, 0.2) is 11.5 Å². The van der Waals surface area contributed by atoms with Crippen molar-refractivity contribution in [3.8, 4) is 0 Å². The van der Waals surface area contributed by atoms with Crippen LogP contribution in [0.25, 0.3) is 0 Å². The van der Waals surface area contributed by atoms with Gasteiger partial charge in [-0.3, -0.25) is 9.59 Å². The molecule has 25 heavy (non-hydrogen) atoms. The number of rotatable bonds is 5. The Kier molecular flexibility index (Phi) is 3.96. The zero-order chi connectivity index (χ0) is 17.6. The SMILES string of the molecule is Cc1ccccc1C1C(C(=O)C2CC2)=C(O)C(=O)N1Cc1cccs1. The Morgan fingerprint density at radius 3 is 2.64 bits per heavy atom. The number of aliphatic hydroxyl groups excluding tert-OH is 1. The van der Waals surface area contributed by atoms with E-state index in [2.05, 4.69) is 0 Å². The van der Waals surface area contributed by atoms with Gasteiger partial charge in [-0.2, -0.15) is 0 Å². The summed E-state index contributed by atoms with van der Waals surface area (Å²) in [7, 11) is 0. The van der Waals surface area contributed by atoms with Gasteiger partial charge in [-0.05, 0) is 42.3 Å². The van der Waals surface area contributed by atoms with Gasteiger partial charge >= 0.3 is 0 Å². The molecule has 1 saturated carbocycles. The van der Waals surface area contributed by atoms with Gasteiger partial charge < -0.3 is 10.0 Å². The van der Waals surface area contributed by atoms with E-state index in [4.69, 9.17) is 0 Å². The highest BCUT2D eigenvalue weighted by Gasteiger charge is 2.47. The number of Topliss-reactive ketones (excluding diaryl/α,β-unsaturated/α-hetero) is 1. The summed E-state index contributed by atoms with van der Waals surface area (Å²) in [5, 5.41) is 12.5. The molecule has 0 bridgehead atoms. The molecule has 0 saturated heterocycles. The fourth-order valence-corrected chi connectivity index (χ4v) is 4.12. The molecule has 1 aromatic carbocycles. The molecule has 2 aromatic rings. The average molecular weight is 353 g/mol. The van der Waals surface area contributed by atoms with Crippen LogP contribution < -0.4 is 0 Å². The van der Waals surface area contributed by atoms with Gasteiger partial charge in [0, 0.05) is 10.8 Å². The maximum Gasteiger partial charge on any atom is 0.290 e. The number of amides is 1. The van der Waals surface area contributed by atoms with Crippen LogP contribution in [-0.4, -0.2) is 21.7 Å². The van der Waals surface area contributed by atoms with Crippen molar-refractivity contribution in [2.24, 2.45) is 5.92 Å². The number of ketones is 1. The van der Waals surface area contributed by atoms with Crippen molar-refractivity contribution < 1.29 is 14.7 Å². The van der Waals surface area contributed by atoms with Crippen molar-refractivity contribution in [1.82, 2.24) is 4.90 Å². The first-order valence-electron chi connectivity index (χ1n) is 8.44. The number of thiophene rings is 1. The minimum Gasteiger partial charge on any atom is -0.503 e. The van der Waals surface area contributed by atoms with Crippen LogP contribution in [0.15, 0.2) is 53.1 Å². The third-order valence-electron chi connectivity index (χ3n) is 4.91. The number of aliphatic hydroxyl groups is 1. The van der Waals surface area contributed by atoms with Crippen LogP contribution in [0.3, 0.4) is 0 Å². The second-order valence-electron chi connectivity index (χ2n) is 6.67. The quantitative estimate of drug-likeness (QED) is 0.886. The lowest BCUT2D eigenvalue weighted by Gasteiger charge is -2.27. The van der Waals surface area contributed by atoms with Crippen molar-refractivity contribution in [1.29, 1.82) is 0 Å². The maximum atomic E-state index is 12.8. The summed E-state index contributed by atoms with van der Waals surface area (Å²) in [6.07, 6.45) is 1.68. The van der Waals surface area contributed by atoms with E-state index in [1.54, 1.807) is 16.2 Å². The van der Waals surface area contributed by atoms with Crippen molar-refractivity contribution in [2.45, 2.75) is 32.4 Å². The third-order valence-corrected chi connectivity index (χ3v) is 5.77. The van der Waals surface area contributed by atoms with E-state index in [0.29, 0.717) is 6.54 Å². The predicted octanol–water partition coefficient (Wildman–Crippen LogP) is 3.93. The smallest absolute Gasteiger partial charge is 0.290 e. The van der Waals surface area contributed by atoms with E-state index < -0.39 is 11.9 Å². The molecule has 2 heterocycles. The summed E-state index contributed by atoms with van der Waals surface area (Å²) in [5.41, 5.74) is 2.19. The molecule has 1 unspecified atom stereocenters.